The van der Waals surface area contributed by atoms with Gasteiger partial charge < -0.3 is 20.4 Å². The van der Waals surface area contributed by atoms with Crippen LogP contribution >= 0.6 is 23.2 Å². The number of hydrogen-bond acceptors (Lipinski definition) is 4. The average Bonchev–Trinajstić information content (AvgIpc) is 2.75. The van der Waals surface area contributed by atoms with E-state index in [9.17, 15) is 19.8 Å². The normalized spacial score (nSPS) is 16.6. The molecule has 0 aromatic heterocycles. The minimum Gasteiger partial charge on any atom is -0.388 e. The van der Waals surface area contributed by atoms with Crippen molar-refractivity contribution < 1.29 is 19.8 Å². The molecule has 1 saturated heterocycles. The van der Waals surface area contributed by atoms with Crippen molar-refractivity contribution in [3.63, 3.8) is 0 Å². The summed E-state index contributed by atoms with van der Waals surface area (Å²) in [5, 5.41) is 24.6. The van der Waals surface area contributed by atoms with Gasteiger partial charge in [0.15, 0.2) is 0 Å². The van der Waals surface area contributed by atoms with Crippen molar-refractivity contribution in [1.82, 2.24) is 10.2 Å². The summed E-state index contributed by atoms with van der Waals surface area (Å²) in [7, 11) is 0. The van der Waals surface area contributed by atoms with Gasteiger partial charge in [-0.1, -0.05) is 47.5 Å². The minimum absolute atomic E-state index is 0.00590. The smallest absolute Gasteiger partial charge is 0.225 e. The van der Waals surface area contributed by atoms with Crippen molar-refractivity contribution in [2.45, 2.75) is 43.9 Å². The highest BCUT2D eigenvalue weighted by atomic mass is 35.5. The second-order valence-electron chi connectivity index (χ2n) is 7.77. The topological polar surface area (TPSA) is 89.9 Å². The summed E-state index contributed by atoms with van der Waals surface area (Å²) in [6, 6.07) is 13.5. The molecule has 0 saturated carbocycles. The number of nitrogens with one attached hydrogen (secondary N) is 1. The van der Waals surface area contributed by atoms with Crippen molar-refractivity contribution in [3.8, 4) is 0 Å². The first kappa shape index (κ1) is 23.5. The Labute approximate surface area is 191 Å². The molecule has 0 aliphatic carbocycles. The second-order valence-corrected chi connectivity index (χ2v) is 8.64. The third-order valence-electron chi connectivity index (χ3n) is 5.47. The fourth-order valence-corrected chi connectivity index (χ4v) is 3.89. The molecule has 3 rings (SSSR count). The predicted octanol–water partition coefficient (Wildman–Crippen LogP) is 3.65. The fraction of sp³-hybridized carbons (Fsp3) is 0.391. The Morgan fingerprint density at radius 1 is 0.871 bits per heavy atom. The molecule has 1 aliphatic rings. The third-order valence-corrected chi connectivity index (χ3v) is 5.97. The number of carbonyl (C=O) groups is 2. The van der Waals surface area contributed by atoms with Gasteiger partial charge in [0, 0.05) is 29.2 Å². The first-order valence-corrected chi connectivity index (χ1v) is 11.0. The van der Waals surface area contributed by atoms with Crippen molar-refractivity contribution in [2.75, 3.05) is 13.1 Å². The highest BCUT2D eigenvalue weighted by Gasteiger charge is 2.26. The molecule has 0 spiro atoms. The van der Waals surface area contributed by atoms with E-state index in [-0.39, 0.29) is 30.7 Å². The van der Waals surface area contributed by atoms with Gasteiger partial charge in [0.05, 0.1) is 25.0 Å². The van der Waals surface area contributed by atoms with E-state index in [0.717, 1.165) is 0 Å². The monoisotopic (exact) mass is 464 g/mol. The lowest BCUT2D eigenvalue weighted by atomic mass is 10.0. The zero-order chi connectivity index (χ0) is 22.4. The summed E-state index contributed by atoms with van der Waals surface area (Å²) in [5.74, 6) is -0.351. The van der Waals surface area contributed by atoms with Crippen LogP contribution in [-0.4, -0.2) is 46.1 Å². The summed E-state index contributed by atoms with van der Waals surface area (Å²) in [6.07, 6.45) is -0.540. The maximum absolute atomic E-state index is 12.5. The number of hydrogen-bond donors (Lipinski definition) is 3. The van der Waals surface area contributed by atoms with E-state index in [1.54, 1.807) is 53.4 Å². The van der Waals surface area contributed by atoms with Crippen molar-refractivity contribution >= 4 is 35.0 Å². The number of aliphatic hydroxyl groups excluding tert-OH is 2. The van der Waals surface area contributed by atoms with Gasteiger partial charge in [0.2, 0.25) is 11.8 Å². The van der Waals surface area contributed by atoms with Crippen LogP contribution < -0.4 is 5.32 Å². The van der Waals surface area contributed by atoms with Gasteiger partial charge in [-0.05, 0) is 48.2 Å². The lowest BCUT2D eigenvalue weighted by Crippen LogP contribution is -2.47. The van der Waals surface area contributed by atoms with Crippen LogP contribution in [0.1, 0.15) is 49.0 Å². The Hall–Kier alpha value is -2.12. The van der Waals surface area contributed by atoms with E-state index >= 15 is 0 Å². The summed E-state index contributed by atoms with van der Waals surface area (Å²) in [5.41, 5.74) is 1.29. The van der Waals surface area contributed by atoms with Crippen LogP contribution in [-0.2, 0) is 9.59 Å². The predicted molar refractivity (Wildman–Crippen MR) is 120 cm³/mol. The number of carbonyl (C=O) groups excluding carboxylic acids is 2. The summed E-state index contributed by atoms with van der Waals surface area (Å²) in [6.45, 7) is 1.02. The van der Waals surface area contributed by atoms with Crippen LogP contribution in [0.3, 0.4) is 0 Å². The van der Waals surface area contributed by atoms with Crippen LogP contribution in [0, 0.1) is 0 Å². The van der Waals surface area contributed by atoms with Crippen LogP contribution in [0.25, 0.3) is 0 Å². The fourth-order valence-electron chi connectivity index (χ4n) is 3.64. The number of benzene rings is 2. The molecule has 31 heavy (non-hydrogen) atoms. The number of amides is 2. The molecule has 2 unspecified atom stereocenters. The number of halogens is 2. The average molecular weight is 465 g/mol. The Balaban J connectivity index is 1.41. The summed E-state index contributed by atoms with van der Waals surface area (Å²) >= 11 is 11.7. The van der Waals surface area contributed by atoms with Crippen LogP contribution in [0.15, 0.2) is 48.5 Å². The van der Waals surface area contributed by atoms with Crippen LogP contribution in [0.4, 0.5) is 0 Å². The molecule has 2 atom stereocenters. The lowest BCUT2D eigenvalue weighted by molar-refractivity contribution is -0.134. The summed E-state index contributed by atoms with van der Waals surface area (Å²) in [4.78, 5) is 26.5. The number of piperidine rings is 1. The second kappa shape index (κ2) is 11.0. The Morgan fingerprint density at radius 3 is 1.81 bits per heavy atom. The van der Waals surface area contributed by atoms with Gasteiger partial charge >= 0.3 is 0 Å². The van der Waals surface area contributed by atoms with Crippen molar-refractivity contribution in [1.29, 1.82) is 0 Å². The zero-order valence-electron chi connectivity index (χ0n) is 17.0. The third kappa shape index (κ3) is 6.94. The van der Waals surface area contributed by atoms with E-state index < -0.39 is 12.2 Å². The van der Waals surface area contributed by atoms with Gasteiger partial charge in [0.25, 0.3) is 0 Å². The van der Waals surface area contributed by atoms with E-state index in [1.807, 2.05) is 0 Å². The molecule has 2 amide bonds. The molecule has 6 nitrogen and oxygen atoms in total. The maximum Gasteiger partial charge on any atom is 0.225 e. The molecule has 166 valence electrons. The molecule has 1 heterocycles. The summed E-state index contributed by atoms with van der Waals surface area (Å²) < 4.78 is 0. The molecule has 2 aromatic carbocycles. The quantitative estimate of drug-likeness (QED) is 0.583. The maximum atomic E-state index is 12.5. The van der Waals surface area contributed by atoms with E-state index in [0.29, 0.717) is 47.1 Å². The zero-order valence-corrected chi connectivity index (χ0v) is 18.5. The molecule has 2 aromatic rings. The van der Waals surface area contributed by atoms with Crippen LogP contribution in [0.5, 0.6) is 0 Å². The van der Waals surface area contributed by atoms with E-state index in [1.165, 1.54) is 0 Å². The largest absolute Gasteiger partial charge is 0.388 e. The van der Waals surface area contributed by atoms with Gasteiger partial charge in [-0.15, -0.1) is 0 Å². The lowest BCUT2D eigenvalue weighted by Gasteiger charge is -2.33. The highest BCUT2D eigenvalue weighted by Crippen LogP contribution is 2.22. The van der Waals surface area contributed by atoms with E-state index in [4.69, 9.17) is 23.2 Å². The number of nitrogens with zero attached hydrogens (tertiary/aromatic N) is 1. The van der Waals surface area contributed by atoms with Gasteiger partial charge in [0.1, 0.15) is 0 Å². The van der Waals surface area contributed by atoms with Gasteiger partial charge in [-0.3, -0.25) is 9.59 Å². The number of likely N-dealkylation sites (tertiary alicyclic amines) is 1. The Bertz CT molecular complexity index is 881. The molecular weight excluding hydrogens is 439 g/mol. The van der Waals surface area contributed by atoms with Crippen molar-refractivity contribution in [2.24, 2.45) is 0 Å². The van der Waals surface area contributed by atoms with E-state index in [2.05, 4.69) is 5.32 Å². The number of aliphatic hydroxyl groups is 2. The molecule has 1 fully saturated rings. The molecule has 0 radical (unpaired) electrons. The van der Waals surface area contributed by atoms with Gasteiger partial charge in [-0.2, -0.15) is 0 Å². The van der Waals surface area contributed by atoms with Crippen molar-refractivity contribution in [3.05, 3.63) is 69.7 Å². The molecule has 3 N–H and O–H groups in total. The first-order valence-electron chi connectivity index (χ1n) is 10.3. The Morgan fingerprint density at radius 2 is 1.32 bits per heavy atom. The SMILES string of the molecule is O=C(CC(O)c1ccc(Cl)cc1)NC1CCN(C(=O)CC(O)c2ccc(Cl)cc2)CC1. The molecule has 1 aliphatic heterocycles. The molecule has 8 heteroatoms. The number of rotatable bonds is 7. The first-order chi connectivity index (χ1) is 14.8. The Kier molecular flexibility index (Phi) is 8.32. The minimum atomic E-state index is -0.895. The molecule has 0 bridgehead atoms. The standard InChI is InChI=1S/C23H26Cl2N2O4/c24-17-5-1-15(2-6-17)20(28)13-22(30)26-19-9-11-27(12-10-19)23(31)14-21(29)16-3-7-18(25)8-4-16/h1-8,19-21,28-29H,9-14H2,(H,26,30). The molecular formula is C23H26Cl2N2O4. The van der Waals surface area contributed by atoms with Gasteiger partial charge in [-0.25, -0.2) is 0 Å². The highest BCUT2D eigenvalue weighted by molar-refractivity contribution is 6.30. The van der Waals surface area contributed by atoms with Crippen LogP contribution in [0.2, 0.25) is 10.0 Å².